The molecule has 0 saturated carbocycles. The first-order chi connectivity index (χ1) is 16.7. The first-order valence-electron chi connectivity index (χ1n) is 11.1. The molecule has 3 aromatic rings. The maximum atomic E-state index is 13.6. The third-order valence-electron chi connectivity index (χ3n) is 6.73. The van der Waals surface area contributed by atoms with E-state index in [1.54, 1.807) is 25.1 Å². The molecule has 1 aliphatic heterocycles. The number of ketones is 1. The molecule has 8 heteroatoms. The van der Waals surface area contributed by atoms with E-state index in [-0.39, 0.29) is 11.5 Å². The number of allylic oxidation sites excluding steroid dienone is 2. The van der Waals surface area contributed by atoms with Crippen molar-refractivity contribution < 1.29 is 19.2 Å². The molecule has 2 aliphatic rings. The van der Waals surface area contributed by atoms with E-state index in [1.165, 1.54) is 19.2 Å². The van der Waals surface area contributed by atoms with E-state index < -0.39 is 16.8 Å². The maximum Gasteiger partial charge on any atom is 0.336 e. The third kappa shape index (κ3) is 3.29. The van der Waals surface area contributed by atoms with Crippen molar-refractivity contribution in [1.82, 2.24) is 9.88 Å². The molecular formula is C27H23N3O5. The summed E-state index contributed by atoms with van der Waals surface area (Å²) in [5, 5.41) is 14.6. The minimum Gasteiger partial charge on any atom is -0.466 e. The summed E-state index contributed by atoms with van der Waals surface area (Å²) in [6.07, 6.45) is 0. The van der Waals surface area contributed by atoms with Gasteiger partial charge in [0.05, 0.1) is 34.9 Å². The molecule has 176 valence electrons. The number of nitro benzene ring substituents is 1. The van der Waals surface area contributed by atoms with Crippen LogP contribution in [0.4, 0.5) is 5.69 Å². The van der Waals surface area contributed by atoms with Gasteiger partial charge in [0.2, 0.25) is 0 Å². The van der Waals surface area contributed by atoms with Crippen LogP contribution < -0.4 is 5.32 Å². The Morgan fingerprint density at radius 3 is 2.46 bits per heavy atom. The highest BCUT2D eigenvalue weighted by Crippen LogP contribution is 2.48. The Hall–Kier alpha value is -4.46. The van der Waals surface area contributed by atoms with Crippen molar-refractivity contribution in [3.63, 3.8) is 0 Å². The van der Waals surface area contributed by atoms with Crippen molar-refractivity contribution in [2.45, 2.75) is 26.7 Å². The lowest BCUT2D eigenvalue weighted by Crippen LogP contribution is -2.29. The molecule has 35 heavy (non-hydrogen) atoms. The lowest BCUT2D eigenvalue weighted by atomic mass is 9.79. The zero-order valence-corrected chi connectivity index (χ0v) is 19.7. The molecule has 0 bridgehead atoms. The second-order valence-electron chi connectivity index (χ2n) is 8.69. The highest BCUT2D eigenvalue weighted by atomic mass is 16.6. The van der Waals surface area contributed by atoms with E-state index in [2.05, 4.69) is 5.32 Å². The molecule has 0 unspecified atom stereocenters. The molecule has 2 aromatic carbocycles. The Bertz CT molecular complexity index is 1510. The molecule has 0 saturated heterocycles. The fraction of sp³-hybridized carbons (Fsp3) is 0.185. The first-order valence-corrected chi connectivity index (χ1v) is 11.1. The van der Waals surface area contributed by atoms with E-state index in [9.17, 15) is 19.7 Å². The fourth-order valence-electron chi connectivity index (χ4n) is 5.24. The van der Waals surface area contributed by atoms with Crippen molar-refractivity contribution >= 4 is 23.1 Å². The van der Waals surface area contributed by atoms with Crippen LogP contribution in [0.2, 0.25) is 0 Å². The summed E-state index contributed by atoms with van der Waals surface area (Å²) in [4.78, 5) is 37.5. The molecule has 1 aromatic heterocycles. The molecule has 1 atom stereocenters. The van der Waals surface area contributed by atoms with Crippen LogP contribution in [-0.2, 0) is 9.53 Å². The number of aromatic nitrogens is 1. The standard InChI is InChI=1S/C27H23N3O5/c1-14-12-21(16(3)29(14)17-8-7-9-18(13-17)30(33)34)23-22(27(32)35-4)15(2)28-25-19-10-5-6-11-20(19)26(31)24(23)25/h5-13,23,28H,1-4H3/t23-/m1/s1. The van der Waals surface area contributed by atoms with Gasteiger partial charge in [-0.2, -0.15) is 0 Å². The van der Waals surface area contributed by atoms with Crippen LogP contribution in [0.25, 0.3) is 11.4 Å². The first kappa shape index (κ1) is 22.3. The van der Waals surface area contributed by atoms with Gasteiger partial charge >= 0.3 is 5.97 Å². The molecule has 0 fully saturated rings. The normalized spacial score (nSPS) is 16.7. The van der Waals surface area contributed by atoms with Gasteiger partial charge in [0.1, 0.15) is 0 Å². The number of aryl methyl sites for hydroxylation is 1. The van der Waals surface area contributed by atoms with Crippen molar-refractivity contribution in [2.24, 2.45) is 0 Å². The van der Waals surface area contributed by atoms with Crippen LogP contribution in [-0.4, -0.2) is 28.4 Å². The van der Waals surface area contributed by atoms with Gasteiger partial charge < -0.3 is 14.6 Å². The van der Waals surface area contributed by atoms with Gasteiger partial charge in [-0.1, -0.05) is 30.3 Å². The molecule has 0 spiro atoms. The number of methoxy groups -OCH3 is 1. The number of Topliss-reactive ketones (excluding diaryl/α,β-unsaturated/α-hetero) is 1. The number of dihydropyridines is 1. The van der Waals surface area contributed by atoms with E-state index in [1.807, 2.05) is 42.7 Å². The van der Waals surface area contributed by atoms with Crippen molar-refractivity contribution in [2.75, 3.05) is 7.11 Å². The lowest BCUT2D eigenvalue weighted by molar-refractivity contribution is -0.384. The van der Waals surface area contributed by atoms with Gasteiger partial charge in [-0.25, -0.2) is 4.79 Å². The van der Waals surface area contributed by atoms with Gasteiger partial charge in [0, 0.05) is 45.9 Å². The number of esters is 1. The molecule has 0 amide bonds. The number of hydrogen-bond donors (Lipinski definition) is 1. The monoisotopic (exact) mass is 469 g/mol. The Kier molecular flexibility index (Phi) is 5.16. The maximum absolute atomic E-state index is 13.6. The Morgan fingerprint density at radius 1 is 1.06 bits per heavy atom. The summed E-state index contributed by atoms with van der Waals surface area (Å²) in [5.74, 6) is -1.31. The fourth-order valence-corrected chi connectivity index (χ4v) is 5.24. The summed E-state index contributed by atoms with van der Waals surface area (Å²) in [5.41, 5.74) is 6.54. The van der Waals surface area contributed by atoms with E-state index in [0.29, 0.717) is 33.8 Å². The molecule has 0 radical (unpaired) electrons. The number of hydrogen-bond acceptors (Lipinski definition) is 6. The average molecular weight is 469 g/mol. The zero-order chi connectivity index (χ0) is 25.0. The minimum atomic E-state index is -0.655. The van der Waals surface area contributed by atoms with Crippen molar-refractivity contribution in [1.29, 1.82) is 0 Å². The number of carbonyl (C=O) groups excluding carboxylic acids is 2. The van der Waals surface area contributed by atoms with Crippen LogP contribution in [0.15, 0.2) is 71.4 Å². The SMILES string of the molecule is COC(=O)C1=C(C)NC2=C(C(=O)c3ccccc32)[C@@H]1c1cc(C)n(-c2cccc([N+](=O)[O-])c2)c1C. The van der Waals surface area contributed by atoms with Gasteiger partial charge in [-0.15, -0.1) is 0 Å². The van der Waals surface area contributed by atoms with Crippen LogP contribution >= 0.6 is 0 Å². The van der Waals surface area contributed by atoms with E-state index in [4.69, 9.17) is 4.74 Å². The Balaban J connectivity index is 1.74. The van der Waals surface area contributed by atoms with E-state index in [0.717, 1.165) is 22.5 Å². The smallest absolute Gasteiger partial charge is 0.336 e. The van der Waals surface area contributed by atoms with Crippen LogP contribution in [0.5, 0.6) is 0 Å². The predicted octanol–water partition coefficient (Wildman–Crippen LogP) is 4.74. The summed E-state index contributed by atoms with van der Waals surface area (Å²) in [6.45, 7) is 5.58. The van der Waals surface area contributed by atoms with Crippen LogP contribution in [0.1, 0.15) is 45.7 Å². The molecule has 8 nitrogen and oxygen atoms in total. The molecule has 5 rings (SSSR count). The molecule has 1 N–H and O–H groups in total. The second-order valence-corrected chi connectivity index (χ2v) is 8.69. The minimum absolute atomic E-state index is 0.0178. The number of carbonyl (C=O) groups is 2. The highest BCUT2D eigenvalue weighted by Gasteiger charge is 2.43. The second kappa shape index (κ2) is 8.09. The number of non-ortho nitro benzene ring substituents is 1. The third-order valence-corrected chi connectivity index (χ3v) is 6.73. The van der Waals surface area contributed by atoms with E-state index >= 15 is 0 Å². The topological polar surface area (TPSA) is 103 Å². The Morgan fingerprint density at radius 2 is 1.77 bits per heavy atom. The molecule has 1 aliphatic carbocycles. The quantitative estimate of drug-likeness (QED) is 0.336. The van der Waals surface area contributed by atoms with Crippen LogP contribution in [0, 0.1) is 24.0 Å². The number of nitro groups is 1. The summed E-state index contributed by atoms with van der Waals surface area (Å²) < 4.78 is 7.03. The predicted molar refractivity (Wildman–Crippen MR) is 130 cm³/mol. The number of ether oxygens (including phenoxy) is 1. The van der Waals surface area contributed by atoms with Gasteiger partial charge in [-0.05, 0) is 38.5 Å². The average Bonchev–Trinajstić information content (AvgIpc) is 3.30. The molecular weight excluding hydrogens is 446 g/mol. The van der Waals surface area contributed by atoms with Crippen LogP contribution in [0.3, 0.4) is 0 Å². The highest BCUT2D eigenvalue weighted by molar-refractivity contribution is 6.23. The van der Waals surface area contributed by atoms with Crippen molar-refractivity contribution in [3.8, 4) is 5.69 Å². The summed E-state index contributed by atoms with van der Waals surface area (Å²) >= 11 is 0. The van der Waals surface area contributed by atoms with Gasteiger partial charge in [0.15, 0.2) is 5.78 Å². The summed E-state index contributed by atoms with van der Waals surface area (Å²) in [6, 6.07) is 15.7. The number of benzene rings is 2. The number of nitrogens with zero attached hydrogens (tertiary/aromatic N) is 2. The van der Waals surface area contributed by atoms with Gasteiger partial charge in [0.25, 0.3) is 5.69 Å². The lowest BCUT2D eigenvalue weighted by Gasteiger charge is -2.29. The Labute approximate surface area is 201 Å². The largest absolute Gasteiger partial charge is 0.466 e. The molecule has 2 heterocycles. The van der Waals surface area contributed by atoms with Crippen molar-refractivity contribution in [3.05, 3.63) is 110 Å². The zero-order valence-electron chi connectivity index (χ0n) is 19.7. The number of rotatable bonds is 4. The number of fused-ring (bicyclic) bond motifs is 2. The van der Waals surface area contributed by atoms with Gasteiger partial charge in [-0.3, -0.25) is 14.9 Å². The number of nitrogens with one attached hydrogen (secondary N) is 1. The summed E-state index contributed by atoms with van der Waals surface area (Å²) in [7, 11) is 1.32.